The van der Waals surface area contributed by atoms with Crippen molar-refractivity contribution in [2.75, 3.05) is 7.05 Å². The van der Waals surface area contributed by atoms with Crippen LogP contribution in [0, 0.1) is 5.92 Å². The van der Waals surface area contributed by atoms with Gasteiger partial charge in [-0.05, 0) is 37.8 Å². The Morgan fingerprint density at radius 1 is 1.24 bits per heavy atom. The van der Waals surface area contributed by atoms with Crippen LogP contribution in [0.3, 0.4) is 0 Å². The quantitative estimate of drug-likeness (QED) is 0.726. The molecule has 2 aliphatic heterocycles. The van der Waals surface area contributed by atoms with Gasteiger partial charge in [-0.15, -0.1) is 0 Å². The van der Waals surface area contributed by atoms with Gasteiger partial charge in [0.25, 0.3) is 0 Å². The third-order valence-electron chi connectivity index (χ3n) is 4.71. The average molecular weight is 229 g/mol. The van der Waals surface area contributed by atoms with Crippen molar-refractivity contribution in [3.05, 3.63) is 35.9 Å². The Morgan fingerprint density at radius 3 is 2.71 bits per heavy atom. The largest absolute Gasteiger partial charge is 0.303 e. The lowest BCUT2D eigenvalue weighted by Crippen LogP contribution is -2.46. The fourth-order valence-corrected chi connectivity index (χ4v) is 3.75. The van der Waals surface area contributed by atoms with Crippen LogP contribution in [0.4, 0.5) is 0 Å². The summed E-state index contributed by atoms with van der Waals surface area (Å²) in [6.07, 6.45) is 4.78. The lowest BCUT2D eigenvalue weighted by molar-refractivity contribution is -0.114. The minimum absolute atomic E-state index is 0.182. The van der Waals surface area contributed by atoms with E-state index in [0.29, 0.717) is 18.0 Å². The molecule has 0 spiro atoms. The molecule has 2 heterocycles. The average Bonchev–Trinajstić information content (AvgIpc) is 2.64. The van der Waals surface area contributed by atoms with Crippen molar-refractivity contribution in [2.45, 2.75) is 37.3 Å². The fourth-order valence-electron chi connectivity index (χ4n) is 3.75. The maximum atomic E-state index is 11.5. The number of hydrogen-bond acceptors (Lipinski definition) is 2. The van der Waals surface area contributed by atoms with Crippen molar-refractivity contribution in [3.63, 3.8) is 0 Å². The van der Waals surface area contributed by atoms with E-state index in [1.807, 2.05) is 6.07 Å². The van der Waals surface area contributed by atoms with Gasteiger partial charge in [-0.25, -0.2) is 0 Å². The van der Waals surface area contributed by atoms with E-state index in [0.717, 1.165) is 6.42 Å². The molecule has 17 heavy (non-hydrogen) atoms. The van der Waals surface area contributed by atoms with Crippen LogP contribution in [-0.2, 0) is 4.79 Å². The molecule has 0 saturated carbocycles. The summed E-state index contributed by atoms with van der Waals surface area (Å²) in [4.78, 5) is 13.9. The molecule has 1 aromatic carbocycles. The normalized spacial score (nSPS) is 37.0. The van der Waals surface area contributed by atoms with Gasteiger partial charge in [0.05, 0.1) is 0 Å². The molecule has 4 atom stereocenters. The van der Waals surface area contributed by atoms with E-state index in [4.69, 9.17) is 0 Å². The highest BCUT2D eigenvalue weighted by Gasteiger charge is 2.45. The third kappa shape index (κ3) is 1.71. The number of piperidine rings is 1. The standard InChI is InChI=1S/C15H19NO/c1-16-12-7-8-15(16)14(10-17)13(9-12)11-5-3-2-4-6-11/h2-6,10,12-15H,7-9H2,1H3/t12-,13?,14?,15+/m0/s1. The Balaban J connectivity index is 1.93. The van der Waals surface area contributed by atoms with Crippen LogP contribution < -0.4 is 0 Å². The maximum absolute atomic E-state index is 11.5. The van der Waals surface area contributed by atoms with Crippen molar-refractivity contribution >= 4 is 6.29 Å². The summed E-state index contributed by atoms with van der Waals surface area (Å²) in [5.41, 5.74) is 1.34. The lowest BCUT2D eigenvalue weighted by atomic mass is 9.77. The highest BCUT2D eigenvalue weighted by molar-refractivity contribution is 5.58. The minimum atomic E-state index is 0.182. The summed E-state index contributed by atoms with van der Waals surface area (Å²) < 4.78 is 0. The summed E-state index contributed by atoms with van der Waals surface area (Å²) in [6, 6.07) is 11.7. The van der Waals surface area contributed by atoms with Crippen LogP contribution in [0.5, 0.6) is 0 Å². The number of hydrogen-bond donors (Lipinski definition) is 0. The molecule has 2 aliphatic rings. The second kappa shape index (κ2) is 4.26. The maximum Gasteiger partial charge on any atom is 0.125 e. The van der Waals surface area contributed by atoms with Gasteiger partial charge < -0.3 is 4.79 Å². The summed E-state index contributed by atoms with van der Waals surface area (Å²) in [5, 5.41) is 0. The number of fused-ring (bicyclic) bond motifs is 2. The second-order valence-corrected chi connectivity index (χ2v) is 5.43. The first-order valence-corrected chi connectivity index (χ1v) is 6.53. The minimum Gasteiger partial charge on any atom is -0.303 e. The van der Waals surface area contributed by atoms with Crippen LogP contribution in [-0.4, -0.2) is 30.3 Å². The number of nitrogens with zero attached hydrogens (tertiary/aromatic N) is 1. The molecular formula is C15H19NO. The number of aldehydes is 1. The zero-order valence-electron chi connectivity index (χ0n) is 10.3. The van der Waals surface area contributed by atoms with Crippen molar-refractivity contribution in [1.29, 1.82) is 0 Å². The Hall–Kier alpha value is -1.15. The summed E-state index contributed by atoms with van der Waals surface area (Å²) >= 11 is 0. The van der Waals surface area contributed by atoms with E-state index in [2.05, 4.69) is 36.2 Å². The second-order valence-electron chi connectivity index (χ2n) is 5.43. The molecule has 2 heteroatoms. The molecule has 90 valence electrons. The first-order valence-electron chi connectivity index (χ1n) is 6.53. The topological polar surface area (TPSA) is 20.3 Å². The molecule has 2 fully saturated rings. The van der Waals surface area contributed by atoms with Gasteiger partial charge in [0.1, 0.15) is 6.29 Å². The summed E-state index contributed by atoms with van der Waals surface area (Å²) in [5.74, 6) is 0.614. The van der Waals surface area contributed by atoms with E-state index in [-0.39, 0.29) is 5.92 Å². The lowest BCUT2D eigenvalue weighted by Gasteiger charge is -2.40. The van der Waals surface area contributed by atoms with E-state index in [1.54, 1.807) is 0 Å². The van der Waals surface area contributed by atoms with Crippen LogP contribution in [0.25, 0.3) is 0 Å². The van der Waals surface area contributed by atoms with Gasteiger partial charge in [-0.1, -0.05) is 30.3 Å². The molecule has 0 radical (unpaired) electrons. The van der Waals surface area contributed by atoms with Gasteiger partial charge in [0, 0.05) is 18.0 Å². The molecule has 0 amide bonds. The number of rotatable bonds is 2. The number of benzene rings is 1. The number of carbonyl (C=O) groups is 1. The van der Waals surface area contributed by atoms with Crippen molar-refractivity contribution < 1.29 is 4.79 Å². The molecule has 2 nitrogen and oxygen atoms in total. The van der Waals surface area contributed by atoms with Gasteiger partial charge in [-0.3, -0.25) is 4.90 Å². The van der Waals surface area contributed by atoms with Gasteiger partial charge in [0.15, 0.2) is 0 Å². The smallest absolute Gasteiger partial charge is 0.125 e. The third-order valence-corrected chi connectivity index (χ3v) is 4.71. The summed E-state index contributed by atoms with van der Waals surface area (Å²) in [7, 11) is 2.18. The van der Waals surface area contributed by atoms with Crippen LogP contribution in [0.2, 0.25) is 0 Å². The molecule has 3 rings (SSSR count). The molecule has 2 unspecified atom stereocenters. The Morgan fingerprint density at radius 2 is 2.00 bits per heavy atom. The van der Waals surface area contributed by atoms with E-state index < -0.39 is 0 Å². The molecule has 2 bridgehead atoms. The Labute approximate surface area is 103 Å². The molecule has 1 aromatic rings. The van der Waals surface area contributed by atoms with E-state index in [9.17, 15) is 4.79 Å². The monoisotopic (exact) mass is 229 g/mol. The van der Waals surface area contributed by atoms with Gasteiger partial charge in [0.2, 0.25) is 0 Å². The first kappa shape index (κ1) is 11.0. The predicted octanol–water partition coefficient (Wildman–Crippen LogP) is 2.45. The molecule has 2 saturated heterocycles. The van der Waals surface area contributed by atoms with Gasteiger partial charge in [-0.2, -0.15) is 0 Å². The zero-order chi connectivity index (χ0) is 11.8. The molecule has 0 aromatic heterocycles. The zero-order valence-corrected chi connectivity index (χ0v) is 10.3. The Bertz CT molecular complexity index is 403. The molecule has 0 N–H and O–H groups in total. The van der Waals surface area contributed by atoms with Crippen LogP contribution in [0.1, 0.15) is 30.7 Å². The van der Waals surface area contributed by atoms with Crippen LogP contribution >= 0.6 is 0 Å². The molecular weight excluding hydrogens is 210 g/mol. The van der Waals surface area contributed by atoms with Crippen molar-refractivity contribution in [3.8, 4) is 0 Å². The van der Waals surface area contributed by atoms with E-state index >= 15 is 0 Å². The number of carbonyl (C=O) groups excluding carboxylic acids is 1. The highest BCUT2D eigenvalue weighted by Crippen LogP contribution is 2.45. The first-order chi connectivity index (χ1) is 8.31. The fraction of sp³-hybridized carbons (Fsp3) is 0.533. The van der Waals surface area contributed by atoms with Crippen molar-refractivity contribution in [2.24, 2.45) is 5.92 Å². The highest BCUT2D eigenvalue weighted by atomic mass is 16.1. The van der Waals surface area contributed by atoms with Gasteiger partial charge >= 0.3 is 0 Å². The Kier molecular flexibility index (Phi) is 2.75. The van der Waals surface area contributed by atoms with Crippen LogP contribution in [0.15, 0.2) is 30.3 Å². The predicted molar refractivity (Wildman–Crippen MR) is 67.9 cm³/mol. The molecule has 0 aliphatic carbocycles. The van der Waals surface area contributed by atoms with Crippen molar-refractivity contribution in [1.82, 2.24) is 4.90 Å². The van der Waals surface area contributed by atoms with E-state index in [1.165, 1.54) is 24.7 Å². The summed E-state index contributed by atoms with van der Waals surface area (Å²) in [6.45, 7) is 0. The SMILES string of the molecule is CN1[C@H]2CC[C@@H]1C(C=O)C(c1ccccc1)C2.